The summed E-state index contributed by atoms with van der Waals surface area (Å²) in [5.41, 5.74) is 3.85. The van der Waals surface area contributed by atoms with Crippen LogP contribution in [0.4, 0.5) is 10.5 Å². The Balaban J connectivity index is 1.72. The van der Waals surface area contributed by atoms with E-state index in [1.165, 1.54) is 4.90 Å². The number of likely N-dealkylation sites (N-methyl/N-ethyl adjacent to an activating group) is 1. The second kappa shape index (κ2) is 7.84. The van der Waals surface area contributed by atoms with E-state index in [1.54, 1.807) is 18.9 Å². The van der Waals surface area contributed by atoms with Crippen LogP contribution in [0.25, 0.3) is 0 Å². The third kappa shape index (κ3) is 3.76. The molecule has 0 spiro atoms. The van der Waals surface area contributed by atoms with Gasteiger partial charge in [-0.15, -0.1) is 0 Å². The van der Waals surface area contributed by atoms with Gasteiger partial charge in [-0.25, -0.2) is 4.79 Å². The van der Waals surface area contributed by atoms with Crippen LogP contribution in [0.15, 0.2) is 48.5 Å². The number of imide groups is 1. The maximum absolute atomic E-state index is 12.8. The Labute approximate surface area is 165 Å². The largest absolute Gasteiger partial charge is 0.340 e. The number of amides is 4. The molecule has 0 aliphatic carbocycles. The SMILES string of the molecule is Cc1ccc(N2C(=O)N(CC(=O)N(C)Cc3ccccc3C)C(=O)C2C)cc1. The second-order valence-corrected chi connectivity index (χ2v) is 7.26. The Morgan fingerprint density at radius 2 is 1.68 bits per heavy atom. The molecule has 0 N–H and O–H groups in total. The molecular formula is C22H25N3O3. The monoisotopic (exact) mass is 379 g/mol. The Hall–Kier alpha value is -3.15. The standard InChI is InChI=1S/C22H25N3O3/c1-15-9-11-19(12-10-15)25-17(3)21(27)24(22(25)28)14-20(26)23(4)13-18-8-6-5-7-16(18)2/h5-12,17H,13-14H2,1-4H3. The number of urea groups is 1. The highest BCUT2D eigenvalue weighted by atomic mass is 16.2. The van der Waals surface area contributed by atoms with Crippen LogP contribution in [-0.2, 0) is 16.1 Å². The summed E-state index contributed by atoms with van der Waals surface area (Å²) >= 11 is 0. The molecule has 1 atom stereocenters. The van der Waals surface area contributed by atoms with E-state index in [-0.39, 0.29) is 18.4 Å². The lowest BCUT2D eigenvalue weighted by Gasteiger charge is -2.22. The molecule has 0 bridgehead atoms. The van der Waals surface area contributed by atoms with Crippen molar-refractivity contribution in [1.29, 1.82) is 0 Å². The number of hydrogen-bond acceptors (Lipinski definition) is 3. The molecule has 0 aromatic heterocycles. The van der Waals surface area contributed by atoms with Crippen molar-refractivity contribution in [2.24, 2.45) is 0 Å². The first-order chi connectivity index (χ1) is 13.3. The van der Waals surface area contributed by atoms with E-state index in [0.29, 0.717) is 12.2 Å². The minimum Gasteiger partial charge on any atom is -0.340 e. The van der Waals surface area contributed by atoms with Crippen LogP contribution in [-0.4, -0.2) is 47.3 Å². The molecule has 0 radical (unpaired) electrons. The molecule has 1 aliphatic rings. The first kappa shape index (κ1) is 19.6. The Morgan fingerprint density at radius 3 is 2.32 bits per heavy atom. The number of carbonyl (C=O) groups is 3. The first-order valence-electron chi connectivity index (χ1n) is 9.29. The molecule has 1 heterocycles. The van der Waals surface area contributed by atoms with E-state index in [0.717, 1.165) is 21.6 Å². The van der Waals surface area contributed by atoms with E-state index in [2.05, 4.69) is 0 Å². The lowest BCUT2D eigenvalue weighted by atomic mass is 10.1. The summed E-state index contributed by atoms with van der Waals surface area (Å²) in [4.78, 5) is 42.2. The van der Waals surface area contributed by atoms with Gasteiger partial charge >= 0.3 is 6.03 Å². The van der Waals surface area contributed by atoms with Crippen molar-refractivity contribution in [3.8, 4) is 0 Å². The minimum absolute atomic E-state index is 0.257. The summed E-state index contributed by atoms with van der Waals surface area (Å²) < 4.78 is 0. The van der Waals surface area contributed by atoms with Gasteiger partial charge in [-0.3, -0.25) is 19.4 Å². The summed E-state index contributed by atoms with van der Waals surface area (Å²) in [6.07, 6.45) is 0. The van der Waals surface area contributed by atoms with E-state index in [4.69, 9.17) is 0 Å². The van der Waals surface area contributed by atoms with Crippen molar-refractivity contribution in [2.75, 3.05) is 18.5 Å². The molecule has 1 fully saturated rings. The van der Waals surface area contributed by atoms with Crippen LogP contribution in [0.5, 0.6) is 0 Å². The molecule has 1 unspecified atom stereocenters. The molecule has 28 heavy (non-hydrogen) atoms. The van der Waals surface area contributed by atoms with Crippen LogP contribution in [0.3, 0.4) is 0 Å². The minimum atomic E-state index is -0.635. The molecule has 2 aromatic carbocycles. The van der Waals surface area contributed by atoms with Crippen molar-refractivity contribution in [3.63, 3.8) is 0 Å². The van der Waals surface area contributed by atoms with Gasteiger partial charge in [0.15, 0.2) is 0 Å². The fourth-order valence-corrected chi connectivity index (χ4v) is 3.30. The number of aryl methyl sites for hydroxylation is 2. The summed E-state index contributed by atoms with van der Waals surface area (Å²) in [5.74, 6) is -0.633. The molecule has 2 aromatic rings. The van der Waals surface area contributed by atoms with Crippen LogP contribution < -0.4 is 4.90 Å². The van der Waals surface area contributed by atoms with Gasteiger partial charge in [-0.2, -0.15) is 0 Å². The van der Waals surface area contributed by atoms with E-state index >= 15 is 0 Å². The van der Waals surface area contributed by atoms with Crippen LogP contribution in [0.1, 0.15) is 23.6 Å². The van der Waals surface area contributed by atoms with Crippen LogP contribution in [0.2, 0.25) is 0 Å². The Morgan fingerprint density at radius 1 is 1.04 bits per heavy atom. The third-order valence-corrected chi connectivity index (χ3v) is 5.15. The number of nitrogens with zero attached hydrogens (tertiary/aromatic N) is 3. The second-order valence-electron chi connectivity index (χ2n) is 7.26. The van der Waals surface area contributed by atoms with Crippen molar-refractivity contribution in [2.45, 2.75) is 33.4 Å². The third-order valence-electron chi connectivity index (χ3n) is 5.15. The van der Waals surface area contributed by atoms with Gasteiger partial charge < -0.3 is 4.90 Å². The van der Waals surface area contributed by atoms with Crippen molar-refractivity contribution < 1.29 is 14.4 Å². The zero-order valence-electron chi connectivity index (χ0n) is 16.7. The van der Waals surface area contributed by atoms with Gasteiger partial charge in [-0.1, -0.05) is 42.0 Å². The van der Waals surface area contributed by atoms with E-state index in [9.17, 15) is 14.4 Å². The average molecular weight is 379 g/mol. The highest BCUT2D eigenvalue weighted by Gasteiger charge is 2.44. The molecule has 6 nitrogen and oxygen atoms in total. The number of benzene rings is 2. The fraction of sp³-hybridized carbons (Fsp3) is 0.318. The number of carbonyl (C=O) groups excluding carboxylic acids is 3. The summed E-state index contributed by atoms with van der Waals surface area (Å²) in [5, 5.41) is 0. The fourth-order valence-electron chi connectivity index (χ4n) is 3.30. The average Bonchev–Trinajstić information content (AvgIpc) is 2.88. The summed E-state index contributed by atoms with van der Waals surface area (Å²) in [6.45, 7) is 5.80. The van der Waals surface area contributed by atoms with Crippen LogP contribution >= 0.6 is 0 Å². The summed E-state index contributed by atoms with van der Waals surface area (Å²) in [6, 6.07) is 14.1. The van der Waals surface area contributed by atoms with Crippen molar-refractivity contribution in [3.05, 3.63) is 65.2 Å². The van der Waals surface area contributed by atoms with Gasteiger partial charge in [0, 0.05) is 19.3 Å². The number of hydrogen-bond donors (Lipinski definition) is 0. The molecular weight excluding hydrogens is 354 g/mol. The van der Waals surface area contributed by atoms with Gasteiger partial charge in [0.05, 0.1) is 0 Å². The van der Waals surface area contributed by atoms with Crippen molar-refractivity contribution >= 4 is 23.5 Å². The smallest absolute Gasteiger partial charge is 0.332 e. The summed E-state index contributed by atoms with van der Waals surface area (Å²) in [7, 11) is 1.68. The highest BCUT2D eigenvalue weighted by Crippen LogP contribution is 2.26. The molecule has 1 saturated heterocycles. The molecule has 6 heteroatoms. The van der Waals surface area contributed by atoms with E-state index < -0.39 is 12.1 Å². The van der Waals surface area contributed by atoms with Gasteiger partial charge in [0.1, 0.15) is 12.6 Å². The lowest BCUT2D eigenvalue weighted by Crippen LogP contribution is -2.42. The van der Waals surface area contributed by atoms with Gasteiger partial charge in [0.25, 0.3) is 5.91 Å². The predicted octanol–water partition coefficient (Wildman–Crippen LogP) is 3.12. The molecule has 1 aliphatic heterocycles. The Kier molecular flexibility index (Phi) is 5.49. The normalized spacial score (nSPS) is 16.6. The first-order valence-corrected chi connectivity index (χ1v) is 9.29. The predicted molar refractivity (Wildman–Crippen MR) is 108 cm³/mol. The molecule has 4 amide bonds. The number of rotatable bonds is 5. The highest BCUT2D eigenvalue weighted by molar-refractivity contribution is 6.15. The number of anilines is 1. The topological polar surface area (TPSA) is 60.9 Å². The molecule has 3 rings (SSSR count). The molecule has 0 saturated carbocycles. The zero-order chi connectivity index (χ0) is 20.4. The lowest BCUT2D eigenvalue weighted by molar-refractivity contribution is -0.136. The maximum atomic E-state index is 12.8. The van der Waals surface area contributed by atoms with Gasteiger partial charge in [0.2, 0.25) is 5.91 Å². The van der Waals surface area contributed by atoms with Gasteiger partial charge in [-0.05, 0) is 44.0 Å². The van der Waals surface area contributed by atoms with E-state index in [1.807, 2.05) is 62.4 Å². The molecule has 146 valence electrons. The van der Waals surface area contributed by atoms with Crippen molar-refractivity contribution in [1.82, 2.24) is 9.80 Å². The quantitative estimate of drug-likeness (QED) is 0.750. The Bertz CT molecular complexity index is 907. The zero-order valence-corrected chi connectivity index (χ0v) is 16.7. The van der Waals surface area contributed by atoms with Crippen LogP contribution in [0, 0.1) is 13.8 Å². The maximum Gasteiger partial charge on any atom is 0.332 e.